The summed E-state index contributed by atoms with van der Waals surface area (Å²) >= 11 is 6.68. The fraction of sp³-hybridized carbons (Fsp3) is 0.129. The molecule has 3 aromatic carbocycles. The van der Waals surface area contributed by atoms with E-state index in [1.165, 1.54) is 0 Å². The molecule has 5 nitrogen and oxygen atoms in total. The molecule has 0 saturated carbocycles. The third-order valence-electron chi connectivity index (χ3n) is 6.55. The molecule has 0 saturated heterocycles. The van der Waals surface area contributed by atoms with E-state index < -0.39 is 5.54 Å². The largest absolute Gasteiger partial charge is 0.367 e. The number of imidazole rings is 1. The smallest absolute Gasteiger partial charge is 0.140 e. The summed E-state index contributed by atoms with van der Waals surface area (Å²) in [5.74, 6) is 0. The maximum atomic E-state index is 9.09. The van der Waals surface area contributed by atoms with Crippen molar-refractivity contribution in [2.24, 2.45) is 0 Å². The number of nitrogens with zero attached hydrogens (tertiary/aromatic N) is 3. The standard InChI is InChI=1S/C31H28ClN5/c1-22(2)37-20-27(35-21-37)29(33)28-26(18-19-34-30(28)32)36-31(23-12-6-3-7-13-23,24-14-8-4-9-15-24)25-16-10-5-11-17-25/h3-22,33H,1-2H3,(H,34,36). The highest BCUT2D eigenvalue weighted by molar-refractivity contribution is 6.35. The molecule has 37 heavy (non-hydrogen) atoms. The molecule has 0 amide bonds. The molecule has 0 radical (unpaired) electrons. The van der Waals surface area contributed by atoms with Crippen molar-refractivity contribution in [2.75, 3.05) is 5.32 Å². The maximum absolute atomic E-state index is 9.09. The van der Waals surface area contributed by atoms with Gasteiger partial charge in [0.05, 0.1) is 17.6 Å². The van der Waals surface area contributed by atoms with Gasteiger partial charge in [0.25, 0.3) is 0 Å². The lowest BCUT2D eigenvalue weighted by Gasteiger charge is -2.38. The molecule has 5 rings (SSSR count). The number of pyridine rings is 1. The third kappa shape index (κ3) is 4.66. The molecular formula is C31H28ClN5. The molecule has 2 N–H and O–H groups in total. The van der Waals surface area contributed by atoms with E-state index in [-0.39, 0.29) is 16.9 Å². The molecular weight excluding hydrogens is 478 g/mol. The Morgan fingerprint density at radius 1 is 0.811 bits per heavy atom. The highest BCUT2D eigenvalue weighted by Crippen LogP contribution is 2.41. The van der Waals surface area contributed by atoms with Gasteiger partial charge >= 0.3 is 0 Å². The van der Waals surface area contributed by atoms with Crippen LogP contribution in [-0.4, -0.2) is 20.2 Å². The van der Waals surface area contributed by atoms with Gasteiger partial charge in [-0.05, 0) is 36.6 Å². The zero-order valence-corrected chi connectivity index (χ0v) is 21.5. The van der Waals surface area contributed by atoms with Crippen molar-refractivity contribution < 1.29 is 0 Å². The van der Waals surface area contributed by atoms with E-state index in [1.54, 1.807) is 12.5 Å². The Balaban J connectivity index is 1.73. The summed E-state index contributed by atoms with van der Waals surface area (Å²) in [5, 5.41) is 13.2. The Bertz CT molecular complexity index is 1400. The van der Waals surface area contributed by atoms with Gasteiger partial charge in [-0.3, -0.25) is 5.41 Å². The second kappa shape index (κ2) is 10.4. The Kier molecular flexibility index (Phi) is 6.89. The van der Waals surface area contributed by atoms with E-state index in [0.29, 0.717) is 16.9 Å². The SMILES string of the molecule is CC(C)n1cnc(C(=N)c2c(NC(c3ccccc3)(c3ccccc3)c3ccccc3)ccnc2Cl)c1. The monoisotopic (exact) mass is 505 g/mol. The first kappa shape index (κ1) is 24.5. The van der Waals surface area contributed by atoms with Crippen molar-refractivity contribution in [1.82, 2.24) is 14.5 Å². The van der Waals surface area contributed by atoms with Crippen molar-refractivity contribution in [2.45, 2.75) is 25.4 Å². The third-order valence-corrected chi connectivity index (χ3v) is 6.84. The Morgan fingerprint density at radius 3 is 1.78 bits per heavy atom. The molecule has 0 fully saturated rings. The average molecular weight is 506 g/mol. The number of nitrogens with one attached hydrogen (secondary N) is 2. The number of halogens is 1. The first-order valence-electron chi connectivity index (χ1n) is 12.2. The summed E-state index contributed by atoms with van der Waals surface area (Å²) in [6, 6.07) is 33.1. The van der Waals surface area contributed by atoms with Crippen molar-refractivity contribution in [3.8, 4) is 0 Å². The average Bonchev–Trinajstić information content (AvgIpc) is 3.44. The van der Waals surface area contributed by atoms with Crippen LogP contribution in [0.3, 0.4) is 0 Å². The number of aromatic nitrogens is 3. The van der Waals surface area contributed by atoms with E-state index in [1.807, 2.05) is 71.4 Å². The Hall–Kier alpha value is -4.22. The van der Waals surface area contributed by atoms with Gasteiger partial charge in [-0.25, -0.2) is 9.97 Å². The predicted molar refractivity (Wildman–Crippen MR) is 151 cm³/mol. The summed E-state index contributed by atoms with van der Waals surface area (Å²) in [4.78, 5) is 8.82. The van der Waals surface area contributed by atoms with Gasteiger partial charge in [0, 0.05) is 24.1 Å². The highest BCUT2D eigenvalue weighted by atomic mass is 35.5. The number of benzene rings is 3. The summed E-state index contributed by atoms with van der Waals surface area (Å²) < 4.78 is 1.98. The van der Waals surface area contributed by atoms with Crippen molar-refractivity contribution in [1.29, 1.82) is 5.41 Å². The molecule has 0 aliphatic rings. The molecule has 5 aromatic rings. The van der Waals surface area contributed by atoms with Crippen LogP contribution in [0.15, 0.2) is 116 Å². The number of hydrogen-bond acceptors (Lipinski definition) is 4. The van der Waals surface area contributed by atoms with Crippen LogP contribution >= 0.6 is 11.6 Å². The van der Waals surface area contributed by atoms with Gasteiger partial charge in [0.2, 0.25) is 0 Å². The molecule has 0 bridgehead atoms. The van der Waals surface area contributed by atoms with Crippen LogP contribution in [0.4, 0.5) is 5.69 Å². The maximum Gasteiger partial charge on any atom is 0.140 e. The van der Waals surface area contributed by atoms with Crippen LogP contribution in [0, 0.1) is 5.41 Å². The minimum Gasteiger partial charge on any atom is -0.367 e. The molecule has 2 heterocycles. The Morgan fingerprint density at radius 2 is 1.32 bits per heavy atom. The van der Waals surface area contributed by atoms with Crippen molar-refractivity contribution in [3.63, 3.8) is 0 Å². The number of anilines is 1. The molecule has 184 valence electrons. The topological polar surface area (TPSA) is 66.6 Å². The summed E-state index contributed by atoms with van der Waals surface area (Å²) in [7, 11) is 0. The van der Waals surface area contributed by atoms with Gasteiger partial charge in [-0.15, -0.1) is 0 Å². The molecule has 2 aromatic heterocycles. The van der Waals surface area contributed by atoms with Crippen LogP contribution in [0.2, 0.25) is 5.15 Å². The molecule has 6 heteroatoms. The number of hydrogen-bond donors (Lipinski definition) is 2. The minimum absolute atomic E-state index is 0.211. The normalized spacial score (nSPS) is 11.5. The Labute approximate surface area is 222 Å². The van der Waals surface area contributed by atoms with E-state index in [4.69, 9.17) is 17.0 Å². The summed E-state index contributed by atoms with van der Waals surface area (Å²) in [5.41, 5.74) is 4.36. The van der Waals surface area contributed by atoms with E-state index in [0.717, 1.165) is 16.7 Å². The zero-order valence-electron chi connectivity index (χ0n) is 20.8. The van der Waals surface area contributed by atoms with Crippen molar-refractivity contribution >= 4 is 23.0 Å². The quantitative estimate of drug-likeness (QED) is 0.132. The lowest BCUT2D eigenvalue weighted by molar-refractivity contribution is 0.599. The fourth-order valence-corrected chi connectivity index (χ4v) is 4.89. The van der Waals surface area contributed by atoms with Crippen LogP contribution in [-0.2, 0) is 5.54 Å². The second-order valence-electron chi connectivity index (χ2n) is 9.17. The van der Waals surface area contributed by atoms with Crippen LogP contribution in [0.25, 0.3) is 0 Å². The van der Waals surface area contributed by atoms with E-state index >= 15 is 0 Å². The molecule has 0 atom stereocenters. The molecule has 0 aliphatic carbocycles. The van der Waals surface area contributed by atoms with Gasteiger partial charge < -0.3 is 9.88 Å². The molecule has 0 spiro atoms. The van der Waals surface area contributed by atoms with E-state index in [2.05, 4.69) is 65.5 Å². The van der Waals surface area contributed by atoms with Crippen LogP contribution in [0.1, 0.15) is 47.8 Å². The van der Waals surface area contributed by atoms with Crippen molar-refractivity contribution in [3.05, 3.63) is 149 Å². The first-order valence-corrected chi connectivity index (χ1v) is 12.6. The van der Waals surface area contributed by atoms with Gasteiger partial charge in [0.1, 0.15) is 16.4 Å². The molecule has 0 aliphatic heterocycles. The fourth-order valence-electron chi connectivity index (χ4n) is 4.64. The van der Waals surface area contributed by atoms with Gasteiger partial charge in [0.15, 0.2) is 0 Å². The summed E-state index contributed by atoms with van der Waals surface area (Å²) in [6.45, 7) is 4.15. The van der Waals surface area contributed by atoms with Gasteiger partial charge in [-0.1, -0.05) is 103 Å². The highest BCUT2D eigenvalue weighted by Gasteiger charge is 2.37. The number of rotatable bonds is 8. The zero-order chi connectivity index (χ0) is 25.8. The van der Waals surface area contributed by atoms with Crippen LogP contribution < -0.4 is 5.32 Å². The molecule has 0 unspecified atom stereocenters. The second-order valence-corrected chi connectivity index (χ2v) is 9.53. The lowest BCUT2D eigenvalue weighted by atomic mass is 9.76. The minimum atomic E-state index is -0.763. The van der Waals surface area contributed by atoms with Gasteiger partial charge in [-0.2, -0.15) is 0 Å². The first-order chi connectivity index (χ1) is 18.0. The van der Waals surface area contributed by atoms with Crippen LogP contribution in [0.5, 0.6) is 0 Å². The summed E-state index contributed by atoms with van der Waals surface area (Å²) in [6.07, 6.45) is 5.28. The van der Waals surface area contributed by atoms with E-state index in [9.17, 15) is 0 Å². The lowest BCUT2D eigenvalue weighted by Crippen LogP contribution is -2.38. The predicted octanol–water partition coefficient (Wildman–Crippen LogP) is 7.33.